The Morgan fingerprint density at radius 1 is 1.38 bits per heavy atom. The van der Waals surface area contributed by atoms with Crippen molar-refractivity contribution < 1.29 is 0 Å². The van der Waals surface area contributed by atoms with Gasteiger partial charge in [0.25, 0.3) is 0 Å². The Morgan fingerprint density at radius 2 is 2.08 bits per heavy atom. The maximum absolute atomic E-state index is 4.43. The van der Waals surface area contributed by atoms with Crippen molar-refractivity contribution >= 4 is 0 Å². The predicted octanol–water partition coefficient (Wildman–Crippen LogP) is 4.21. The highest BCUT2D eigenvalue weighted by molar-refractivity contribution is 5.00. The molecule has 0 aromatic rings. The van der Waals surface area contributed by atoms with Gasteiger partial charge in [0, 0.05) is 0 Å². The molecular weight excluding hydrogens is 156 g/mol. The molecule has 0 aromatic heterocycles. The SMILES string of the molecule is [CH2]C(CCCC)C12CCC(CC1)C2. The third-order valence-electron chi connectivity index (χ3n) is 4.57. The summed E-state index contributed by atoms with van der Waals surface area (Å²) in [6.45, 7) is 6.72. The van der Waals surface area contributed by atoms with E-state index in [1.165, 1.54) is 51.4 Å². The van der Waals surface area contributed by atoms with Crippen molar-refractivity contribution in [3.63, 3.8) is 0 Å². The third kappa shape index (κ3) is 1.65. The molecule has 0 spiro atoms. The van der Waals surface area contributed by atoms with Crippen molar-refractivity contribution in [3.05, 3.63) is 6.92 Å². The minimum absolute atomic E-state index is 0.708. The standard InChI is InChI=1S/C13H23/c1-3-4-5-11(2)13-8-6-12(10-13)7-9-13/h11-12H,2-10H2,1H3. The molecule has 1 unspecified atom stereocenters. The molecule has 75 valence electrons. The Hall–Kier alpha value is 0. The molecule has 2 saturated carbocycles. The van der Waals surface area contributed by atoms with E-state index in [1.54, 1.807) is 0 Å². The quantitative estimate of drug-likeness (QED) is 0.606. The van der Waals surface area contributed by atoms with Crippen molar-refractivity contribution in [2.75, 3.05) is 0 Å². The third-order valence-corrected chi connectivity index (χ3v) is 4.57. The fraction of sp³-hybridized carbons (Fsp3) is 0.923. The van der Waals surface area contributed by atoms with Gasteiger partial charge in [-0.2, -0.15) is 0 Å². The minimum atomic E-state index is 0.708. The van der Waals surface area contributed by atoms with Crippen LogP contribution < -0.4 is 0 Å². The lowest BCUT2D eigenvalue weighted by Crippen LogP contribution is -2.23. The van der Waals surface area contributed by atoms with Crippen molar-refractivity contribution in [3.8, 4) is 0 Å². The molecule has 0 nitrogen and oxygen atoms in total. The monoisotopic (exact) mass is 179 g/mol. The van der Waals surface area contributed by atoms with Gasteiger partial charge >= 0.3 is 0 Å². The van der Waals surface area contributed by atoms with Crippen LogP contribution in [-0.2, 0) is 0 Å². The van der Waals surface area contributed by atoms with Gasteiger partial charge in [-0.1, -0.05) is 19.8 Å². The smallest absolute Gasteiger partial charge is 0.0266 e. The lowest BCUT2D eigenvalue weighted by atomic mass is 9.72. The molecule has 2 aliphatic rings. The van der Waals surface area contributed by atoms with E-state index < -0.39 is 0 Å². The molecule has 2 bridgehead atoms. The molecule has 1 atom stereocenters. The molecule has 0 aromatic carbocycles. The lowest BCUT2D eigenvalue weighted by molar-refractivity contribution is 0.192. The summed E-state index contributed by atoms with van der Waals surface area (Å²) >= 11 is 0. The van der Waals surface area contributed by atoms with Crippen LogP contribution in [0, 0.1) is 24.2 Å². The van der Waals surface area contributed by atoms with E-state index in [1.807, 2.05) is 0 Å². The summed E-state index contributed by atoms with van der Waals surface area (Å²) in [5.74, 6) is 1.85. The van der Waals surface area contributed by atoms with Gasteiger partial charge in [0.05, 0.1) is 0 Å². The Balaban J connectivity index is 1.91. The second-order valence-electron chi connectivity index (χ2n) is 5.35. The van der Waals surface area contributed by atoms with Crippen molar-refractivity contribution in [2.45, 2.75) is 58.3 Å². The molecule has 0 heterocycles. The van der Waals surface area contributed by atoms with Gasteiger partial charge in [0.2, 0.25) is 0 Å². The van der Waals surface area contributed by atoms with E-state index in [-0.39, 0.29) is 0 Å². The number of hydrogen-bond acceptors (Lipinski definition) is 0. The fourth-order valence-corrected chi connectivity index (χ4v) is 3.57. The summed E-state index contributed by atoms with van der Waals surface area (Å²) in [6, 6.07) is 0. The van der Waals surface area contributed by atoms with Crippen LogP contribution in [-0.4, -0.2) is 0 Å². The summed E-state index contributed by atoms with van der Waals surface area (Å²) in [4.78, 5) is 0. The van der Waals surface area contributed by atoms with Crippen molar-refractivity contribution in [2.24, 2.45) is 17.3 Å². The minimum Gasteiger partial charge on any atom is -0.0654 e. The van der Waals surface area contributed by atoms with Crippen LogP contribution in [0.15, 0.2) is 0 Å². The van der Waals surface area contributed by atoms with Crippen LogP contribution in [0.25, 0.3) is 0 Å². The first-order valence-electron chi connectivity index (χ1n) is 6.10. The number of hydrogen-bond donors (Lipinski definition) is 0. The highest BCUT2D eigenvalue weighted by Gasteiger charge is 2.47. The van der Waals surface area contributed by atoms with Crippen molar-refractivity contribution in [1.29, 1.82) is 0 Å². The number of unbranched alkanes of at least 4 members (excludes halogenated alkanes) is 1. The lowest BCUT2D eigenvalue weighted by Gasteiger charge is -2.33. The van der Waals surface area contributed by atoms with Crippen LogP contribution >= 0.6 is 0 Å². The van der Waals surface area contributed by atoms with Gasteiger partial charge < -0.3 is 0 Å². The molecule has 1 radical (unpaired) electrons. The molecule has 0 saturated heterocycles. The van der Waals surface area contributed by atoms with E-state index in [9.17, 15) is 0 Å². The largest absolute Gasteiger partial charge is 0.0654 e. The van der Waals surface area contributed by atoms with Crippen LogP contribution in [0.1, 0.15) is 58.3 Å². The maximum Gasteiger partial charge on any atom is -0.0266 e. The van der Waals surface area contributed by atoms with Gasteiger partial charge in [0.1, 0.15) is 0 Å². The highest BCUT2D eigenvalue weighted by Crippen LogP contribution is 2.58. The van der Waals surface area contributed by atoms with Gasteiger partial charge in [0.15, 0.2) is 0 Å². The molecule has 0 N–H and O–H groups in total. The fourth-order valence-electron chi connectivity index (χ4n) is 3.57. The molecular formula is C13H23. The zero-order valence-electron chi connectivity index (χ0n) is 9.02. The summed E-state index contributed by atoms with van der Waals surface area (Å²) in [6.07, 6.45) is 11.6. The predicted molar refractivity (Wildman–Crippen MR) is 57.4 cm³/mol. The Labute approximate surface area is 83.1 Å². The van der Waals surface area contributed by atoms with E-state index >= 15 is 0 Å². The molecule has 2 fully saturated rings. The Kier molecular flexibility index (Phi) is 2.67. The average molecular weight is 179 g/mol. The average Bonchev–Trinajstić information content (AvgIpc) is 2.74. The van der Waals surface area contributed by atoms with Crippen LogP contribution in [0.5, 0.6) is 0 Å². The second kappa shape index (κ2) is 3.63. The van der Waals surface area contributed by atoms with E-state index in [0.29, 0.717) is 5.41 Å². The van der Waals surface area contributed by atoms with Gasteiger partial charge in [-0.25, -0.2) is 0 Å². The van der Waals surface area contributed by atoms with Gasteiger partial charge in [-0.15, -0.1) is 0 Å². The molecule has 0 amide bonds. The Bertz CT molecular complexity index is 163. The summed E-state index contributed by atoms with van der Waals surface area (Å²) in [5.41, 5.74) is 0.708. The van der Waals surface area contributed by atoms with Gasteiger partial charge in [-0.05, 0) is 62.7 Å². The van der Waals surface area contributed by atoms with E-state index in [2.05, 4.69) is 13.8 Å². The normalized spacial score (nSPS) is 39.7. The van der Waals surface area contributed by atoms with Crippen LogP contribution in [0.4, 0.5) is 0 Å². The molecule has 2 rings (SSSR count). The number of rotatable bonds is 4. The summed E-state index contributed by atoms with van der Waals surface area (Å²) in [5, 5.41) is 0. The Morgan fingerprint density at radius 3 is 2.54 bits per heavy atom. The zero-order chi connectivity index (χ0) is 9.31. The first-order chi connectivity index (χ1) is 6.27. The first-order valence-corrected chi connectivity index (χ1v) is 6.10. The molecule has 0 heteroatoms. The van der Waals surface area contributed by atoms with E-state index in [0.717, 1.165) is 11.8 Å². The highest BCUT2D eigenvalue weighted by atomic mass is 14.5. The molecule has 13 heavy (non-hydrogen) atoms. The summed E-state index contributed by atoms with van der Waals surface area (Å²) in [7, 11) is 0. The second-order valence-corrected chi connectivity index (χ2v) is 5.35. The summed E-state index contributed by atoms with van der Waals surface area (Å²) < 4.78 is 0. The maximum atomic E-state index is 4.43. The zero-order valence-corrected chi connectivity index (χ0v) is 9.02. The van der Waals surface area contributed by atoms with Crippen LogP contribution in [0.2, 0.25) is 0 Å². The molecule has 0 aliphatic heterocycles. The number of fused-ring (bicyclic) bond motifs is 2. The van der Waals surface area contributed by atoms with Gasteiger partial charge in [-0.3, -0.25) is 0 Å². The van der Waals surface area contributed by atoms with E-state index in [4.69, 9.17) is 0 Å². The first kappa shape index (κ1) is 9.55. The van der Waals surface area contributed by atoms with Crippen LogP contribution in [0.3, 0.4) is 0 Å². The molecule has 2 aliphatic carbocycles. The topological polar surface area (TPSA) is 0 Å². The van der Waals surface area contributed by atoms with Crippen molar-refractivity contribution in [1.82, 2.24) is 0 Å².